The molecule has 3 rings (SSSR count). The zero-order valence-electron chi connectivity index (χ0n) is 14.6. The summed E-state index contributed by atoms with van der Waals surface area (Å²) < 4.78 is 26.3. The van der Waals surface area contributed by atoms with Crippen LogP contribution in [0, 0.1) is 0 Å². The SMILES string of the molecule is CCN(CC)S(=O)(=O)c1ccc(NC(=O)c2ccc3nc[nH]c3c2)cc1. The molecule has 0 atom stereocenters. The van der Waals surface area contributed by atoms with Gasteiger partial charge in [0.15, 0.2) is 0 Å². The Kier molecular flexibility index (Phi) is 5.06. The summed E-state index contributed by atoms with van der Waals surface area (Å²) in [6, 6.07) is 11.4. The van der Waals surface area contributed by atoms with Gasteiger partial charge in [0.2, 0.25) is 10.0 Å². The minimum Gasteiger partial charge on any atom is -0.345 e. The average molecular weight is 372 g/mol. The van der Waals surface area contributed by atoms with E-state index in [2.05, 4.69) is 15.3 Å². The topological polar surface area (TPSA) is 95.2 Å². The smallest absolute Gasteiger partial charge is 0.255 e. The quantitative estimate of drug-likeness (QED) is 0.695. The van der Waals surface area contributed by atoms with Crippen molar-refractivity contribution < 1.29 is 13.2 Å². The number of H-pyrrole nitrogens is 1. The first-order chi connectivity index (χ1) is 12.5. The van der Waals surface area contributed by atoms with Gasteiger partial charge in [-0.1, -0.05) is 13.8 Å². The largest absolute Gasteiger partial charge is 0.345 e. The van der Waals surface area contributed by atoms with Crippen LogP contribution in [0.15, 0.2) is 53.7 Å². The molecule has 0 radical (unpaired) electrons. The van der Waals surface area contributed by atoms with E-state index in [9.17, 15) is 13.2 Å². The predicted octanol–water partition coefficient (Wildman–Crippen LogP) is 2.85. The number of benzene rings is 2. The molecule has 1 aromatic heterocycles. The number of fused-ring (bicyclic) bond motifs is 1. The van der Waals surface area contributed by atoms with Crippen molar-refractivity contribution >= 4 is 32.7 Å². The highest BCUT2D eigenvalue weighted by atomic mass is 32.2. The molecule has 8 heteroatoms. The Morgan fingerprint density at radius 2 is 1.81 bits per heavy atom. The van der Waals surface area contributed by atoms with Crippen LogP contribution in [-0.4, -0.2) is 41.7 Å². The van der Waals surface area contributed by atoms with Crippen LogP contribution in [0.1, 0.15) is 24.2 Å². The molecule has 0 bridgehead atoms. The molecule has 136 valence electrons. The van der Waals surface area contributed by atoms with Crippen LogP contribution < -0.4 is 5.32 Å². The van der Waals surface area contributed by atoms with Crippen LogP contribution in [0.3, 0.4) is 0 Å². The van der Waals surface area contributed by atoms with Crippen LogP contribution in [0.2, 0.25) is 0 Å². The number of anilines is 1. The molecule has 2 N–H and O–H groups in total. The predicted molar refractivity (Wildman–Crippen MR) is 101 cm³/mol. The van der Waals surface area contributed by atoms with Crippen molar-refractivity contribution in [3.8, 4) is 0 Å². The summed E-state index contributed by atoms with van der Waals surface area (Å²) >= 11 is 0. The fourth-order valence-electron chi connectivity index (χ4n) is 2.70. The molecule has 0 spiro atoms. The number of carbonyl (C=O) groups excluding carboxylic acids is 1. The Bertz CT molecular complexity index is 1020. The Balaban J connectivity index is 1.77. The van der Waals surface area contributed by atoms with E-state index in [1.54, 1.807) is 50.5 Å². The summed E-state index contributed by atoms with van der Waals surface area (Å²) in [5.74, 6) is -0.277. The minimum absolute atomic E-state index is 0.207. The van der Waals surface area contributed by atoms with Gasteiger partial charge in [0.1, 0.15) is 0 Å². The average Bonchev–Trinajstić information content (AvgIpc) is 3.10. The standard InChI is InChI=1S/C18H20N4O3S/c1-3-22(4-2)26(24,25)15-8-6-14(7-9-15)21-18(23)13-5-10-16-17(11-13)20-12-19-16/h5-12H,3-4H2,1-2H3,(H,19,20)(H,21,23). The first-order valence-corrected chi connectivity index (χ1v) is 9.74. The number of nitrogens with one attached hydrogen (secondary N) is 2. The first kappa shape index (κ1) is 18.1. The maximum atomic E-state index is 12.5. The molecule has 0 unspecified atom stereocenters. The van der Waals surface area contributed by atoms with Crippen molar-refractivity contribution in [2.45, 2.75) is 18.7 Å². The maximum Gasteiger partial charge on any atom is 0.255 e. The lowest BCUT2D eigenvalue weighted by Gasteiger charge is -2.18. The van der Waals surface area contributed by atoms with Gasteiger partial charge in [0, 0.05) is 24.3 Å². The second-order valence-electron chi connectivity index (χ2n) is 5.70. The Morgan fingerprint density at radius 3 is 2.46 bits per heavy atom. The van der Waals surface area contributed by atoms with Crippen molar-refractivity contribution in [3.63, 3.8) is 0 Å². The number of hydrogen-bond donors (Lipinski definition) is 2. The van der Waals surface area contributed by atoms with Crippen LogP contribution in [-0.2, 0) is 10.0 Å². The fourth-order valence-corrected chi connectivity index (χ4v) is 4.16. The molecule has 2 aromatic carbocycles. The zero-order valence-corrected chi connectivity index (χ0v) is 15.4. The lowest BCUT2D eigenvalue weighted by Crippen LogP contribution is -2.30. The van der Waals surface area contributed by atoms with Crippen molar-refractivity contribution in [1.29, 1.82) is 0 Å². The van der Waals surface area contributed by atoms with Crippen molar-refractivity contribution in [2.24, 2.45) is 0 Å². The van der Waals surface area contributed by atoms with E-state index >= 15 is 0 Å². The number of aromatic nitrogens is 2. The van der Waals surface area contributed by atoms with E-state index in [4.69, 9.17) is 0 Å². The van der Waals surface area contributed by atoms with Crippen LogP contribution in [0.25, 0.3) is 11.0 Å². The molecule has 7 nitrogen and oxygen atoms in total. The molecular formula is C18H20N4O3S. The second kappa shape index (κ2) is 7.27. The lowest BCUT2D eigenvalue weighted by molar-refractivity contribution is 0.102. The summed E-state index contributed by atoms with van der Waals surface area (Å²) in [4.78, 5) is 19.7. The van der Waals surface area contributed by atoms with Gasteiger partial charge in [-0.05, 0) is 42.5 Å². The summed E-state index contributed by atoms with van der Waals surface area (Å²) in [6.45, 7) is 4.42. The first-order valence-electron chi connectivity index (χ1n) is 8.30. The number of carbonyl (C=O) groups is 1. The fraction of sp³-hybridized carbons (Fsp3) is 0.222. The third kappa shape index (κ3) is 3.47. The summed E-state index contributed by atoms with van der Waals surface area (Å²) in [5, 5.41) is 2.77. The number of hydrogen-bond acceptors (Lipinski definition) is 4. The van der Waals surface area contributed by atoms with Crippen LogP contribution in [0.5, 0.6) is 0 Å². The third-order valence-corrected chi connectivity index (χ3v) is 6.20. The summed E-state index contributed by atoms with van der Waals surface area (Å²) in [5.41, 5.74) is 2.57. The highest BCUT2D eigenvalue weighted by Crippen LogP contribution is 2.19. The highest BCUT2D eigenvalue weighted by Gasteiger charge is 2.21. The van der Waals surface area contributed by atoms with E-state index in [-0.39, 0.29) is 10.8 Å². The van der Waals surface area contributed by atoms with E-state index in [0.29, 0.717) is 24.3 Å². The summed E-state index contributed by atoms with van der Waals surface area (Å²) in [7, 11) is -3.51. The van der Waals surface area contributed by atoms with Gasteiger partial charge in [-0.2, -0.15) is 4.31 Å². The van der Waals surface area contributed by atoms with Gasteiger partial charge in [-0.15, -0.1) is 0 Å². The van der Waals surface area contributed by atoms with Gasteiger partial charge in [-0.3, -0.25) is 4.79 Å². The number of nitrogens with zero attached hydrogens (tertiary/aromatic N) is 2. The van der Waals surface area contributed by atoms with Crippen LogP contribution in [0.4, 0.5) is 5.69 Å². The minimum atomic E-state index is -3.51. The van der Waals surface area contributed by atoms with Crippen LogP contribution >= 0.6 is 0 Å². The molecular weight excluding hydrogens is 352 g/mol. The number of sulfonamides is 1. The molecule has 26 heavy (non-hydrogen) atoms. The molecule has 3 aromatic rings. The van der Waals surface area contributed by atoms with Gasteiger partial charge in [-0.25, -0.2) is 13.4 Å². The molecule has 0 aliphatic carbocycles. The lowest BCUT2D eigenvalue weighted by atomic mass is 10.2. The molecule has 1 amide bonds. The van der Waals surface area contributed by atoms with E-state index < -0.39 is 10.0 Å². The molecule has 0 fully saturated rings. The van der Waals surface area contributed by atoms with E-state index in [1.165, 1.54) is 16.4 Å². The Hall–Kier alpha value is -2.71. The van der Waals surface area contributed by atoms with E-state index in [0.717, 1.165) is 11.0 Å². The van der Waals surface area contributed by atoms with Crippen molar-refractivity contribution in [2.75, 3.05) is 18.4 Å². The van der Waals surface area contributed by atoms with Gasteiger partial charge in [0.25, 0.3) is 5.91 Å². The molecule has 0 saturated carbocycles. The van der Waals surface area contributed by atoms with Gasteiger partial charge >= 0.3 is 0 Å². The molecule has 0 saturated heterocycles. The number of amides is 1. The normalized spacial score (nSPS) is 11.8. The third-order valence-electron chi connectivity index (χ3n) is 4.14. The number of aromatic amines is 1. The van der Waals surface area contributed by atoms with E-state index in [1.807, 2.05) is 0 Å². The van der Waals surface area contributed by atoms with Gasteiger partial charge < -0.3 is 10.3 Å². The molecule has 1 heterocycles. The molecule has 0 aliphatic heterocycles. The number of imidazole rings is 1. The second-order valence-corrected chi connectivity index (χ2v) is 7.64. The number of rotatable bonds is 6. The van der Waals surface area contributed by atoms with Crippen molar-refractivity contribution in [1.82, 2.24) is 14.3 Å². The maximum absolute atomic E-state index is 12.5. The van der Waals surface area contributed by atoms with Crippen molar-refractivity contribution in [3.05, 3.63) is 54.4 Å². The zero-order chi connectivity index (χ0) is 18.7. The Labute approximate surface area is 152 Å². The Morgan fingerprint density at radius 1 is 1.12 bits per heavy atom. The summed E-state index contributed by atoms with van der Waals surface area (Å²) in [6.07, 6.45) is 1.57. The highest BCUT2D eigenvalue weighted by molar-refractivity contribution is 7.89. The van der Waals surface area contributed by atoms with Gasteiger partial charge in [0.05, 0.1) is 22.3 Å². The molecule has 0 aliphatic rings. The monoisotopic (exact) mass is 372 g/mol.